The number of para-hydroxylation sites is 1. The summed E-state index contributed by atoms with van der Waals surface area (Å²) in [4.78, 5) is 23.9. The van der Waals surface area contributed by atoms with Crippen molar-refractivity contribution in [3.63, 3.8) is 0 Å². The second kappa shape index (κ2) is 8.70. The van der Waals surface area contributed by atoms with Crippen LogP contribution in [0, 0.1) is 0 Å². The highest BCUT2D eigenvalue weighted by Gasteiger charge is 2.26. The molecule has 32 heavy (non-hydrogen) atoms. The average Bonchev–Trinajstić information content (AvgIpc) is 3.55. The lowest BCUT2D eigenvalue weighted by molar-refractivity contribution is 0.0472. The summed E-state index contributed by atoms with van der Waals surface area (Å²) in [5, 5.41) is 11.3. The van der Waals surface area contributed by atoms with Gasteiger partial charge in [-0.05, 0) is 23.3 Å². The third kappa shape index (κ3) is 4.27. The molecule has 2 aromatic heterocycles. The van der Waals surface area contributed by atoms with Gasteiger partial charge in [-0.15, -0.1) is 0 Å². The number of carbonyl (C=O) groups is 1. The van der Waals surface area contributed by atoms with E-state index in [0.717, 1.165) is 33.7 Å². The molecular formula is C23H24N6O3. The number of ether oxygens (including phenoxy) is 1. The molecule has 1 N–H and O–H groups in total. The van der Waals surface area contributed by atoms with E-state index in [-0.39, 0.29) is 12.1 Å². The smallest absolute Gasteiger partial charge is 0.318 e. The topological polar surface area (TPSA) is 93.9 Å². The van der Waals surface area contributed by atoms with Gasteiger partial charge in [0, 0.05) is 56.3 Å². The summed E-state index contributed by atoms with van der Waals surface area (Å²) in [6.45, 7) is 1.89. The lowest BCUT2D eigenvalue weighted by Gasteiger charge is -2.16. The lowest BCUT2D eigenvalue weighted by atomic mass is 10.1. The van der Waals surface area contributed by atoms with Crippen LogP contribution >= 0.6 is 0 Å². The predicted molar refractivity (Wildman–Crippen MR) is 118 cm³/mol. The van der Waals surface area contributed by atoms with E-state index in [4.69, 9.17) is 9.57 Å². The molecule has 4 heterocycles. The molecule has 2 amide bonds. The number of nitrogens with one attached hydrogen (secondary N) is 1. The van der Waals surface area contributed by atoms with Crippen molar-refractivity contribution in [3.8, 4) is 16.9 Å². The molecule has 0 bridgehead atoms. The van der Waals surface area contributed by atoms with Crippen molar-refractivity contribution in [2.24, 2.45) is 12.2 Å². The summed E-state index contributed by atoms with van der Waals surface area (Å²) in [5.41, 5.74) is 5.00. The number of carbonyl (C=O) groups excluding carboxylic acids is 1. The van der Waals surface area contributed by atoms with Gasteiger partial charge in [-0.3, -0.25) is 9.67 Å². The molecule has 9 heteroatoms. The maximum Gasteiger partial charge on any atom is 0.318 e. The molecule has 2 aliphatic rings. The fourth-order valence-corrected chi connectivity index (χ4v) is 3.91. The van der Waals surface area contributed by atoms with Gasteiger partial charge in [0.1, 0.15) is 12.4 Å². The summed E-state index contributed by atoms with van der Waals surface area (Å²) in [6.07, 6.45) is 7.75. The van der Waals surface area contributed by atoms with Crippen molar-refractivity contribution in [2.75, 3.05) is 13.2 Å². The Morgan fingerprint density at radius 1 is 1.22 bits per heavy atom. The molecule has 1 aromatic carbocycles. The van der Waals surface area contributed by atoms with Crippen molar-refractivity contribution in [1.29, 1.82) is 0 Å². The molecule has 1 atom stereocenters. The van der Waals surface area contributed by atoms with Crippen molar-refractivity contribution in [3.05, 3.63) is 66.2 Å². The molecule has 2 aliphatic heterocycles. The fourth-order valence-electron chi connectivity index (χ4n) is 3.91. The highest BCUT2D eigenvalue weighted by Crippen LogP contribution is 2.30. The summed E-state index contributed by atoms with van der Waals surface area (Å²) < 4.78 is 7.80. The number of pyridine rings is 1. The molecule has 0 spiro atoms. The van der Waals surface area contributed by atoms with Crippen molar-refractivity contribution >= 4 is 11.7 Å². The van der Waals surface area contributed by atoms with Gasteiger partial charge in [0.15, 0.2) is 6.10 Å². The number of benzene rings is 1. The van der Waals surface area contributed by atoms with Crippen LogP contribution in [0.4, 0.5) is 4.79 Å². The van der Waals surface area contributed by atoms with Crippen LogP contribution in [0.25, 0.3) is 11.1 Å². The summed E-state index contributed by atoms with van der Waals surface area (Å²) in [6, 6.07) is 9.69. The Morgan fingerprint density at radius 3 is 2.94 bits per heavy atom. The van der Waals surface area contributed by atoms with E-state index in [9.17, 15) is 4.79 Å². The van der Waals surface area contributed by atoms with Crippen LogP contribution in [-0.2, 0) is 25.0 Å². The zero-order valence-corrected chi connectivity index (χ0v) is 17.8. The van der Waals surface area contributed by atoms with E-state index >= 15 is 0 Å². The van der Waals surface area contributed by atoms with E-state index in [0.29, 0.717) is 32.7 Å². The number of rotatable bonds is 6. The van der Waals surface area contributed by atoms with Gasteiger partial charge >= 0.3 is 6.03 Å². The normalized spacial score (nSPS) is 17.0. The predicted octanol–water partition coefficient (Wildman–Crippen LogP) is 2.73. The first-order chi connectivity index (χ1) is 15.7. The SMILES string of the molecule is Cn1cc(-c2ccccc2OCC2CC(CNC(=O)N3Cc4ccncc4C3)=NO2)cn1. The number of hydrogen-bond donors (Lipinski definition) is 1. The van der Waals surface area contributed by atoms with Crippen LogP contribution in [0.15, 0.2) is 60.3 Å². The van der Waals surface area contributed by atoms with E-state index in [1.54, 1.807) is 15.8 Å². The number of nitrogens with zero attached hydrogens (tertiary/aromatic N) is 5. The third-order valence-electron chi connectivity index (χ3n) is 5.58. The van der Waals surface area contributed by atoms with Crippen molar-refractivity contribution in [1.82, 2.24) is 25.0 Å². The Hall–Kier alpha value is -3.88. The Kier molecular flexibility index (Phi) is 5.45. The minimum atomic E-state index is -0.189. The van der Waals surface area contributed by atoms with E-state index in [1.165, 1.54) is 0 Å². The van der Waals surface area contributed by atoms with E-state index in [2.05, 4.69) is 20.6 Å². The molecule has 0 saturated carbocycles. The van der Waals surface area contributed by atoms with Crippen LogP contribution in [0.2, 0.25) is 0 Å². The second-order valence-electron chi connectivity index (χ2n) is 7.96. The molecule has 0 saturated heterocycles. The highest BCUT2D eigenvalue weighted by molar-refractivity contribution is 5.90. The number of urea groups is 1. The first-order valence-electron chi connectivity index (χ1n) is 10.5. The Balaban J connectivity index is 1.10. The van der Waals surface area contributed by atoms with E-state index < -0.39 is 0 Å². The standard InChI is InChI=1S/C23H24N6O3/c1-28-12-18(10-26-28)21-4-2-3-5-22(21)31-15-20-8-19(27-32-20)11-25-23(30)29-13-16-6-7-24-9-17(16)14-29/h2-7,9-10,12,20H,8,11,13-15H2,1H3,(H,25,30). The number of aromatic nitrogens is 3. The molecule has 0 fully saturated rings. The Morgan fingerprint density at radius 2 is 2.09 bits per heavy atom. The van der Waals surface area contributed by atoms with Gasteiger partial charge < -0.3 is 19.8 Å². The number of aryl methyl sites for hydroxylation is 1. The number of oxime groups is 1. The zero-order valence-electron chi connectivity index (χ0n) is 17.8. The van der Waals surface area contributed by atoms with Gasteiger partial charge in [0.2, 0.25) is 0 Å². The van der Waals surface area contributed by atoms with Gasteiger partial charge in [-0.25, -0.2) is 4.79 Å². The molecule has 0 radical (unpaired) electrons. The van der Waals surface area contributed by atoms with Crippen molar-refractivity contribution in [2.45, 2.75) is 25.6 Å². The van der Waals surface area contributed by atoms with Crippen LogP contribution in [0.3, 0.4) is 0 Å². The quantitative estimate of drug-likeness (QED) is 0.646. The van der Waals surface area contributed by atoms with E-state index in [1.807, 2.05) is 56.0 Å². The Labute approximate surface area is 185 Å². The fraction of sp³-hybridized carbons (Fsp3) is 0.304. The van der Waals surface area contributed by atoms with Crippen LogP contribution in [0.1, 0.15) is 17.5 Å². The van der Waals surface area contributed by atoms with Crippen LogP contribution in [-0.4, -0.2) is 50.7 Å². The minimum absolute atomic E-state index is 0.117. The third-order valence-corrected chi connectivity index (χ3v) is 5.58. The van der Waals surface area contributed by atoms with Crippen LogP contribution < -0.4 is 10.1 Å². The monoisotopic (exact) mass is 432 g/mol. The molecular weight excluding hydrogens is 408 g/mol. The van der Waals surface area contributed by atoms with Gasteiger partial charge in [0.25, 0.3) is 0 Å². The number of fused-ring (bicyclic) bond motifs is 1. The number of hydrogen-bond acceptors (Lipinski definition) is 6. The number of amides is 2. The summed E-state index contributed by atoms with van der Waals surface area (Å²) in [5.74, 6) is 0.772. The van der Waals surface area contributed by atoms with Gasteiger partial charge in [0.05, 0.1) is 18.5 Å². The molecule has 0 aliphatic carbocycles. The zero-order chi connectivity index (χ0) is 21.9. The molecule has 9 nitrogen and oxygen atoms in total. The summed E-state index contributed by atoms with van der Waals surface area (Å²) >= 11 is 0. The maximum atomic E-state index is 12.5. The molecule has 164 valence electrons. The summed E-state index contributed by atoms with van der Waals surface area (Å²) in [7, 11) is 1.89. The van der Waals surface area contributed by atoms with Gasteiger partial charge in [-0.2, -0.15) is 5.10 Å². The molecule has 1 unspecified atom stereocenters. The average molecular weight is 432 g/mol. The van der Waals surface area contributed by atoms with Crippen molar-refractivity contribution < 1.29 is 14.4 Å². The molecule has 3 aromatic rings. The van der Waals surface area contributed by atoms with Crippen LogP contribution in [0.5, 0.6) is 5.75 Å². The maximum absolute atomic E-state index is 12.5. The second-order valence-corrected chi connectivity index (χ2v) is 7.96. The van der Waals surface area contributed by atoms with Gasteiger partial charge in [-0.1, -0.05) is 23.4 Å². The Bertz CT molecular complexity index is 1130. The lowest BCUT2D eigenvalue weighted by Crippen LogP contribution is -2.39. The highest BCUT2D eigenvalue weighted by atomic mass is 16.7. The first kappa shape index (κ1) is 20.0. The largest absolute Gasteiger partial charge is 0.489 e. The minimum Gasteiger partial charge on any atom is -0.489 e. The first-order valence-corrected chi connectivity index (χ1v) is 10.5. The molecule has 5 rings (SSSR count).